The number of aromatic nitrogens is 2. The number of aromatic hydroxyl groups is 1. The molecule has 26 heavy (non-hydrogen) atoms. The minimum Gasteiger partial charge on any atom is -0.505 e. The van der Waals surface area contributed by atoms with Gasteiger partial charge in [-0.25, -0.2) is 8.78 Å². The molecule has 0 fully saturated rings. The number of aromatic amines is 1. The first-order chi connectivity index (χ1) is 12.3. The Morgan fingerprint density at radius 1 is 1.12 bits per heavy atom. The van der Waals surface area contributed by atoms with E-state index in [0.29, 0.717) is 28.3 Å². The van der Waals surface area contributed by atoms with Crippen LogP contribution in [0.25, 0.3) is 11.3 Å². The molecule has 0 atom stereocenters. The van der Waals surface area contributed by atoms with Crippen molar-refractivity contribution in [1.29, 1.82) is 0 Å². The highest BCUT2D eigenvalue weighted by atomic mass is 19.1. The van der Waals surface area contributed by atoms with E-state index in [0.717, 1.165) is 0 Å². The number of hydrogen-bond acceptors (Lipinski definition) is 4. The molecule has 3 rings (SSSR count). The lowest BCUT2D eigenvalue weighted by molar-refractivity contribution is -0.114. The van der Waals surface area contributed by atoms with E-state index < -0.39 is 17.4 Å². The van der Waals surface area contributed by atoms with E-state index in [1.54, 1.807) is 19.1 Å². The van der Waals surface area contributed by atoms with Crippen molar-refractivity contribution < 1.29 is 18.7 Å². The number of H-pyrrole nitrogens is 1. The molecule has 1 aromatic heterocycles. The average Bonchev–Trinajstić information content (AvgIpc) is 3.03. The fourth-order valence-corrected chi connectivity index (χ4v) is 2.45. The number of rotatable bonds is 4. The zero-order chi connectivity index (χ0) is 18.8. The number of phenolic OH excluding ortho intramolecular Hbond substituents is 1. The Labute approximate surface area is 147 Å². The third kappa shape index (κ3) is 3.64. The number of halogens is 2. The van der Waals surface area contributed by atoms with Crippen molar-refractivity contribution in [2.75, 3.05) is 10.6 Å². The van der Waals surface area contributed by atoms with Gasteiger partial charge in [0, 0.05) is 24.2 Å². The molecule has 0 unspecified atom stereocenters. The molecular weight excluding hydrogens is 342 g/mol. The summed E-state index contributed by atoms with van der Waals surface area (Å²) in [5.74, 6) is -1.70. The summed E-state index contributed by atoms with van der Waals surface area (Å²) >= 11 is 0. The molecule has 2 aromatic carbocycles. The molecule has 1 amide bonds. The summed E-state index contributed by atoms with van der Waals surface area (Å²) in [5, 5.41) is 21.5. The molecule has 0 bridgehead atoms. The predicted molar refractivity (Wildman–Crippen MR) is 94.4 cm³/mol. The molecule has 0 saturated carbocycles. The summed E-state index contributed by atoms with van der Waals surface area (Å²) in [4.78, 5) is 11.1. The minimum absolute atomic E-state index is 0.0998. The molecule has 4 N–H and O–H groups in total. The van der Waals surface area contributed by atoms with Gasteiger partial charge in [0.1, 0.15) is 5.82 Å². The van der Waals surface area contributed by atoms with E-state index >= 15 is 0 Å². The number of benzene rings is 2. The van der Waals surface area contributed by atoms with Crippen molar-refractivity contribution in [3.05, 3.63) is 53.6 Å². The highest BCUT2D eigenvalue weighted by Gasteiger charge is 2.11. The topological polar surface area (TPSA) is 90.0 Å². The second-order valence-corrected chi connectivity index (χ2v) is 5.79. The minimum atomic E-state index is -0.738. The fraction of sp³-hybridized carbons (Fsp3) is 0.111. The predicted octanol–water partition coefficient (Wildman–Crippen LogP) is 4.07. The van der Waals surface area contributed by atoms with Crippen molar-refractivity contribution in [2.24, 2.45) is 0 Å². The van der Waals surface area contributed by atoms with Crippen LogP contribution in [0.3, 0.4) is 0 Å². The van der Waals surface area contributed by atoms with E-state index in [2.05, 4.69) is 20.8 Å². The number of amides is 1. The van der Waals surface area contributed by atoms with Gasteiger partial charge in [0.2, 0.25) is 5.91 Å². The number of carbonyl (C=O) groups excluding carboxylic acids is 1. The molecule has 0 spiro atoms. The largest absolute Gasteiger partial charge is 0.505 e. The van der Waals surface area contributed by atoms with Gasteiger partial charge in [-0.15, -0.1) is 0 Å². The Bertz CT molecular complexity index is 985. The standard InChI is InChI=1S/C18H16F2N4O2/c1-9-5-16(21-10(2)25)12(19)7-14(9)22-18-8-15(23-24-18)11-3-4-17(26)13(20)6-11/h3-8,26H,1-2H3,(H,21,25)(H2,22,23,24). The smallest absolute Gasteiger partial charge is 0.221 e. The quantitative estimate of drug-likeness (QED) is 0.566. The third-order valence-corrected chi connectivity index (χ3v) is 3.72. The van der Waals surface area contributed by atoms with E-state index in [4.69, 9.17) is 0 Å². The van der Waals surface area contributed by atoms with Gasteiger partial charge < -0.3 is 15.7 Å². The van der Waals surface area contributed by atoms with E-state index in [1.807, 2.05) is 0 Å². The molecule has 0 aliphatic carbocycles. The lowest BCUT2D eigenvalue weighted by Gasteiger charge is -2.11. The summed E-state index contributed by atoms with van der Waals surface area (Å²) in [5.41, 5.74) is 2.31. The maximum absolute atomic E-state index is 14.1. The number of hydrogen-bond donors (Lipinski definition) is 4. The molecule has 0 aliphatic rings. The highest BCUT2D eigenvalue weighted by molar-refractivity contribution is 5.89. The van der Waals surface area contributed by atoms with Crippen LogP contribution in [0.1, 0.15) is 12.5 Å². The summed E-state index contributed by atoms with van der Waals surface area (Å²) < 4.78 is 27.6. The van der Waals surface area contributed by atoms with Crippen LogP contribution in [-0.2, 0) is 4.79 Å². The summed E-state index contributed by atoms with van der Waals surface area (Å²) in [6, 6.07) is 8.38. The average molecular weight is 358 g/mol. The summed E-state index contributed by atoms with van der Waals surface area (Å²) in [7, 11) is 0. The molecule has 0 aliphatic heterocycles. The second-order valence-electron chi connectivity index (χ2n) is 5.79. The van der Waals surface area contributed by atoms with Gasteiger partial charge in [0.05, 0.1) is 11.4 Å². The Morgan fingerprint density at radius 3 is 2.58 bits per heavy atom. The molecule has 6 nitrogen and oxygen atoms in total. The number of anilines is 3. The highest BCUT2D eigenvalue weighted by Crippen LogP contribution is 2.29. The molecule has 3 aromatic rings. The number of nitrogens with one attached hydrogen (secondary N) is 3. The zero-order valence-corrected chi connectivity index (χ0v) is 14.0. The van der Waals surface area contributed by atoms with Crippen molar-refractivity contribution >= 4 is 23.1 Å². The first kappa shape index (κ1) is 17.4. The van der Waals surface area contributed by atoms with Gasteiger partial charge in [-0.2, -0.15) is 5.10 Å². The van der Waals surface area contributed by atoms with Crippen LogP contribution >= 0.6 is 0 Å². The number of carbonyl (C=O) groups is 1. The van der Waals surface area contributed by atoms with Crippen LogP contribution in [0.15, 0.2) is 36.4 Å². The SMILES string of the molecule is CC(=O)Nc1cc(C)c(Nc2cc(-c3ccc(O)c(F)c3)[nH]n2)cc1F. The third-order valence-electron chi connectivity index (χ3n) is 3.72. The summed E-state index contributed by atoms with van der Waals surface area (Å²) in [6.45, 7) is 3.06. The molecule has 0 saturated heterocycles. The molecule has 1 heterocycles. The van der Waals surface area contributed by atoms with Gasteiger partial charge in [0.25, 0.3) is 0 Å². The normalized spacial score (nSPS) is 10.6. The van der Waals surface area contributed by atoms with Crippen molar-refractivity contribution in [2.45, 2.75) is 13.8 Å². The van der Waals surface area contributed by atoms with Crippen molar-refractivity contribution in [1.82, 2.24) is 10.2 Å². The van der Waals surface area contributed by atoms with E-state index in [-0.39, 0.29) is 11.6 Å². The lowest BCUT2D eigenvalue weighted by Crippen LogP contribution is -2.08. The summed E-state index contributed by atoms with van der Waals surface area (Å²) in [6.07, 6.45) is 0. The molecule has 8 heteroatoms. The molecule has 134 valence electrons. The van der Waals surface area contributed by atoms with Gasteiger partial charge >= 0.3 is 0 Å². The van der Waals surface area contributed by atoms with Crippen LogP contribution in [0, 0.1) is 18.6 Å². The van der Waals surface area contributed by atoms with Gasteiger partial charge in [-0.3, -0.25) is 9.89 Å². The van der Waals surface area contributed by atoms with Gasteiger partial charge in [-0.05, 0) is 42.8 Å². The van der Waals surface area contributed by atoms with Crippen LogP contribution < -0.4 is 10.6 Å². The molecule has 0 radical (unpaired) electrons. The maximum Gasteiger partial charge on any atom is 0.221 e. The van der Waals surface area contributed by atoms with Crippen LogP contribution in [-0.4, -0.2) is 21.2 Å². The number of nitrogens with zero attached hydrogens (tertiary/aromatic N) is 1. The van der Waals surface area contributed by atoms with Crippen molar-refractivity contribution in [3.63, 3.8) is 0 Å². The first-order valence-corrected chi connectivity index (χ1v) is 7.72. The van der Waals surface area contributed by atoms with Crippen LogP contribution in [0.2, 0.25) is 0 Å². The number of phenols is 1. The van der Waals surface area contributed by atoms with E-state index in [9.17, 15) is 18.7 Å². The Hall–Kier alpha value is -3.42. The van der Waals surface area contributed by atoms with E-state index in [1.165, 1.54) is 31.2 Å². The lowest BCUT2D eigenvalue weighted by atomic mass is 10.1. The van der Waals surface area contributed by atoms with Crippen LogP contribution in [0.4, 0.5) is 26.0 Å². The van der Waals surface area contributed by atoms with Crippen LogP contribution in [0.5, 0.6) is 5.75 Å². The Kier molecular flexibility index (Phi) is 4.57. The zero-order valence-electron chi connectivity index (χ0n) is 14.0. The number of aryl methyl sites for hydroxylation is 1. The maximum atomic E-state index is 14.1. The monoisotopic (exact) mass is 358 g/mol. The first-order valence-electron chi connectivity index (χ1n) is 7.72. The Balaban J connectivity index is 1.84. The van der Waals surface area contributed by atoms with Gasteiger partial charge in [0.15, 0.2) is 17.4 Å². The Morgan fingerprint density at radius 2 is 1.88 bits per heavy atom. The van der Waals surface area contributed by atoms with Crippen molar-refractivity contribution in [3.8, 4) is 17.0 Å². The fourth-order valence-electron chi connectivity index (χ4n) is 2.45. The second kappa shape index (κ2) is 6.83. The van der Waals surface area contributed by atoms with Gasteiger partial charge in [-0.1, -0.05) is 0 Å². The molecular formula is C18H16F2N4O2.